The Kier molecular flexibility index (Phi) is 3.76. The Morgan fingerprint density at radius 3 is 2.35 bits per heavy atom. The summed E-state index contributed by atoms with van der Waals surface area (Å²) in [5.74, 6) is 1.75. The van der Waals surface area contributed by atoms with Crippen LogP contribution in [0.3, 0.4) is 0 Å². The molecule has 0 aromatic heterocycles. The van der Waals surface area contributed by atoms with Crippen LogP contribution in [-0.2, 0) is 0 Å². The maximum Gasteiger partial charge on any atom is 0.119 e. The van der Waals surface area contributed by atoms with Crippen LogP contribution in [0.4, 0.5) is 0 Å². The van der Waals surface area contributed by atoms with Crippen LogP contribution in [0.1, 0.15) is 57.6 Å². The lowest BCUT2D eigenvalue weighted by Gasteiger charge is -2.34. The zero-order valence-corrected chi connectivity index (χ0v) is 13.0. The van der Waals surface area contributed by atoms with Crippen LogP contribution < -0.4 is 10.1 Å². The van der Waals surface area contributed by atoms with Gasteiger partial charge in [-0.05, 0) is 61.8 Å². The SMILES string of the molecule is CNC(c1ccc(OC2CC2)cc1)C1CCCC1(C)C. The number of nitrogens with one attached hydrogen (secondary N) is 1. The van der Waals surface area contributed by atoms with E-state index < -0.39 is 0 Å². The van der Waals surface area contributed by atoms with Gasteiger partial charge in [0.05, 0.1) is 6.10 Å². The summed E-state index contributed by atoms with van der Waals surface area (Å²) < 4.78 is 5.84. The van der Waals surface area contributed by atoms with E-state index in [0.717, 1.165) is 11.7 Å². The molecule has 0 amide bonds. The third-order valence-electron chi connectivity index (χ3n) is 5.12. The molecular formula is C18H27NO. The molecule has 20 heavy (non-hydrogen) atoms. The third kappa shape index (κ3) is 2.85. The first-order valence-corrected chi connectivity index (χ1v) is 8.04. The van der Waals surface area contributed by atoms with Crippen molar-refractivity contribution < 1.29 is 4.74 Å². The van der Waals surface area contributed by atoms with Gasteiger partial charge in [0.1, 0.15) is 5.75 Å². The zero-order valence-electron chi connectivity index (χ0n) is 13.0. The normalized spacial score (nSPS) is 26.4. The molecule has 2 aliphatic rings. The largest absolute Gasteiger partial charge is 0.490 e. The Bertz CT molecular complexity index is 447. The minimum Gasteiger partial charge on any atom is -0.490 e. The summed E-state index contributed by atoms with van der Waals surface area (Å²) in [5.41, 5.74) is 1.84. The predicted octanol–water partition coefficient (Wildman–Crippen LogP) is 4.31. The van der Waals surface area contributed by atoms with Gasteiger partial charge in [0, 0.05) is 6.04 Å². The Hall–Kier alpha value is -1.02. The van der Waals surface area contributed by atoms with Gasteiger partial charge in [0.25, 0.3) is 0 Å². The molecule has 110 valence electrons. The first kappa shape index (κ1) is 13.9. The first-order chi connectivity index (χ1) is 9.60. The van der Waals surface area contributed by atoms with Gasteiger partial charge in [-0.15, -0.1) is 0 Å². The van der Waals surface area contributed by atoms with E-state index in [-0.39, 0.29) is 0 Å². The second kappa shape index (κ2) is 5.40. The van der Waals surface area contributed by atoms with Crippen molar-refractivity contribution in [1.82, 2.24) is 5.32 Å². The zero-order chi connectivity index (χ0) is 14.2. The maximum atomic E-state index is 5.84. The van der Waals surface area contributed by atoms with Gasteiger partial charge >= 0.3 is 0 Å². The predicted molar refractivity (Wildman–Crippen MR) is 83.0 cm³/mol. The average molecular weight is 273 g/mol. The molecule has 0 bridgehead atoms. The Labute approximate surface area is 122 Å². The standard InChI is InChI=1S/C18H27NO/c1-18(2)12-4-5-16(18)17(19-3)13-6-8-14(9-7-13)20-15-10-11-15/h6-9,15-17,19H,4-5,10-12H2,1-3H3. The molecule has 1 aromatic rings. The summed E-state index contributed by atoms with van der Waals surface area (Å²) in [6, 6.07) is 9.22. The third-order valence-corrected chi connectivity index (χ3v) is 5.12. The molecule has 1 N–H and O–H groups in total. The molecule has 0 heterocycles. The van der Waals surface area contributed by atoms with Crippen molar-refractivity contribution >= 4 is 0 Å². The second-order valence-electron chi connectivity index (χ2n) is 7.14. The van der Waals surface area contributed by atoms with Gasteiger partial charge in [0.15, 0.2) is 0 Å². The van der Waals surface area contributed by atoms with Gasteiger partial charge in [-0.3, -0.25) is 0 Å². The summed E-state index contributed by atoms with van der Waals surface area (Å²) in [5, 5.41) is 3.55. The molecule has 0 radical (unpaired) electrons. The number of rotatable bonds is 5. The molecule has 0 aliphatic heterocycles. The Balaban J connectivity index is 1.74. The van der Waals surface area contributed by atoms with E-state index in [2.05, 4.69) is 50.5 Å². The van der Waals surface area contributed by atoms with Crippen LogP contribution in [-0.4, -0.2) is 13.2 Å². The lowest BCUT2D eigenvalue weighted by Crippen LogP contribution is -2.31. The number of ether oxygens (including phenoxy) is 1. The number of hydrogen-bond acceptors (Lipinski definition) is 2. The molecule has 2 unspecified atom stereocenters. The van der Waals surface area contributed by atoms with Crippen LogP contribution >= 0.6 is 0 Å². The highest BCUT2D eigenvalue weighted by molar-refractivity contribution is 5.30. The molecule has 2 fully saturated rings. The van der Waals surface area contributed by atoms with E-state index in [1.54, 1.807) is 0 Å². The van der Waals surface area contributed by atoms with E-state index >= 15 is 0 Å². The fourth-order valence-corrected chi connectivity index (χ4v) is 3.70. The number of hydrogen-bond donors (Lipinski definition) is 1. The van der Waals surface area contributed by atoms with Crippen LogP contribution in [0.5, 0.6) is 5.75 Å². The van der Waals surface area contributed by atoms with Gasteiger partial charge in [-0.2, -0.15) is 0 Å². The molecule has 0 saturated heterocycles. The maximum absolute atomic E-state index is 5.84. The monoisotopic (exact) mass is 273 g/mol. The highest BCUT2D eigenvalue weighted by Crippen LogP contribution is 2.48. The summed E-state index contributed by atoms with van der Waals surface area (Å²) in [6.45, 7) is 4.83. The van der Waals surface area contributed by atoms with Crippen LogP contribution in [0.15, 0.2) is 24.3 Å². The molecule has 2 atom stereocenters. The molecule has 2 heteroatoms. The summed E-state index contributed by atoms with van der Waals surface area (Å²) in [7, 11) is 2.09. The summed E-state index contributed by atoms with van der Waals surface area (Å²) in [6.07, 6.45) is 6.96. The highest BCUT2D eigenvalue weighted by atomic mass is 16.5. The van der Waals surface area contributed by atoms with Gasteiger partial charge in [0.2, 0.25) is 0 Å². The minimum absolute atomic E-state index is 0.441. The Morgan fingerprint density at radius 2 is 1.85 bits per heavy atom. The van der Waals surface area contributed by atoms with E-state index in [9.17, 15) is 0 Å². The van der Waals surface area contributed by atoms with Crippen molar-refractivity contribution in [2.75, 3.05) is 7.05 Å². The molecule has 3 rings (SSSR count). The van der Waals surface area contributed by atoms with E-state index in [0.29, 0.717) is 17.6 Å². The highest BCUT2D eigenvalue weighted by Gasteiger charge is 2.39. The lowest BCUT2D eigenvalue weighted by molar-refractivity contribution is 0.203. The minimum atomic E-state index is 0.441. The fraction of sp³-hybridized carbons (Fsp3) is 0.667. The Morgan fingerprint density at radius 1 is 1.15 bits per heavy atom. The van der Waals surface area contributed by atoms with Crippen molar-refractivity contribution in [1.29, 1.82) is 0 Å². The van der Waals surface area contributed by atoms with Crippen LogP contribution in [0.2, 0.25) is 0 Å². The summed E-state index contributed by atoms with van der Waals surface area (Å²) >= 11 is 0. The topological polar surface area (TPSA) is 21.3 Å². The first-order valence-electron chi connectivity index (χ1n) is 8.04. The van der Waals surface area contributed by atoms with Crippen LogP contribution in [0, 0.1) is 11.3 Å². The van der Waals surface area contributed by atoms with Crippen LogP contribution in [0.25, 0.3) is 0 Å². The quantitative estimate of drug-likeness (QED) is 0.863. The van der Waals surface area contributed by atoms with Gasteiger partial charge < -0.3 is 10.1 Å². The van der Waals surface area contributed by atoms with Crippen molar-refractivity contribution in [3.8, 4) is 5.75 Å². The van der Waals surface area contributed by atoms with Crippen molar-refractivity contribution in [3.63, 3.8) is 0 Å². The fourth-order valence-electron chi connectivity index (χ4n) is 3.70. The van der Waals surface area contributed by atoms with Gasteiger partial charge in [-0.25, -0.2) is 0 Å². The molecule has 1 aromatic carbocycles. The van der Waals surface area contributed by atoms with Gasteiger partial charge in [-0.1, -0.05) is 32.4 Å². The smallest absolute Gasteiger partial charge is 0.119 e. The van der Waals surface area contributed by atoms with Crippen molar-refractivity contribution in [2.45, 2.75) is 58.1 Å². The molecule has 2 nitrogen and oxygen atoms in total. The number of benzene rings is 1. The van der Waals surface area contributed by atoms with E-state index in [1.807, 2.05) is 0 Å². The van der Waals surface area contributed by atoms with Crippen molar-refractivity contribution in [3.05, 3.63) is 29.8 Å². The average Bonchev–Trinajstić information content (AvgIpc) is 3.17. The summed E-state index contributed by atoms with van der Waals surface area (Å²) in [4.78, 5) is 0. The molecule has 2 saturated carbocycles. The molecule has 0 spiro atoms. The van der Waals surface area contributed by atoms with Crippen molar-refractivity contribution in [2.24, 2.45) is 11.3 Å². The van der Waals surface area contributed by atoms with E-state index in [1.165, 1.54) is 37.7 Å². The molecular weight excluding hydrogens is 246 g/mol. The molecule has 2 aliphatic carbocycles. The van der Waals surface area contributed by atoms with E-state index in [4.69, 9.17) is 4.74 Å². The second-order valence-corrected chi connectivity index (χ2v) is 7.14. The lowest BCUT2D eigenvalue weighted by atomic mass is 9.75.